The Bertz CT molecular complexity index is 908. The van der Waals surface area contributed by atoms with E-state index in [2.05, 4.69) is 17.4 Å². The zero-order chi connectivity index (χ0) is 19.8. The lowest BCUT2D eigenvalue weighted by atomic mass is 10.2. The molecule has 0 saturated heterocycles. The highest BCUT2D eigenvalue weighted by atomic mass is 16.5. The van der Waals surface area contributed by atoms with Crippen molar-refractivity contribution in [2.45, 2.75) is 26.4 Å². The molecule has 0 saturated carbocycles. The average molecular weight is 375 g/mol. The Labute approximate surface area is 166 Å². The Morgan fingerprint density at radius 2 is 1.68 bits per heavy atom. The third kappa shape index (κ3) is 5.88. The standard InChI is InChI=1S/C24H25NO3/c1-18-8-6-13-23(16-18)28-19(2)24(26)25-21-11-7-12-22(17-21)27-15-14-20-9-4-3-5-10-20/h3-13,16-17,19H,14-15H2,1-2H3,(H,25,26). The van der Waals surface area contributed by atoms with Crippen molar-refractivity contribution < 1.29 is 14.3 Å². The van der Waals surface area contributed by atoms with E-state index >= 15 is 0 Å². The van der Waals surface area contributed by atoms with Crippen LogP contribution in [0.4, 0.5) is 5.69 Å². The zero-order valence-electron chi connectivity index (χ0n) is 16.2. The zero-order valence-corrected chi connectivity index (χ0v) is 16.2. The summed E-state index contributed by atoms with van der Waals surface area (Å²) in [6, 6.07) is 25.2. The van der Waals surface area contributed by atoms with Gasteiger partial charge in [0.15, 0.2) is 6.10 Å². The molecule has 0 bridgehead atoms. The van der Waals surface area contributed by atoms with E-state index < -0.39 is 6.10 Å². The molecule has 3 aromatic carbocycles. The van der Waals surface area contributed by atoms with Gasteiger partial charge in [-0.1, -0.05) is 48.5 Å². The first-order chi connectivity index (χ1) is 13.6. The lowest BCUT2D eigenvalue weighted by molar-refractivity contribution is -0.122. The van der Waals surface area contributed by atoms with E-state index in [9.17, 15) is 4.79 Å². The molecule has 144 valence electrons. The van der Waals surface area contributed by atoms with Crippen molar-refractivity contribution in [3.05, 3.63) is 90.0 Å². The molecule has 0 fully saturated rings. The van der Waals surface area contributed by atoms with Crippen molar-refractivity contribution in [1.82, 2.24) is 0 Å². The summed E-state index contributed by atoms with van der Waals surface area (Å²) < 4.78 is 11.5. The number of rotatable bonds is 8. The molecule has 1 atom stereocenters. The van der Waals surface area contributed by atoms with Crippen LogP contribution in [0.3, 0.4) is 0 Å². The van der Waals surface area contributed by atoms with Crippen LogP contribution in [0.2, 0.25) is 0 Å². The molecular formula is C24H25NO3. The second-order valence-electron chi connectivity index (χ2n) is 6.68. The topological polar surface area (TPSA) is 47.6 Å². The van der Waals surface area contributed by atoms with E-state index in [1.807, 2.05) is 73.7 Å². The largest absolute Gasteiger partial charge is 0.493 e. The van der Waals surface area contributed by atoms with Gasteiger partial charge in [-0.15, -0.1) is 0 Å². The molecule has 3 aromatic rings. The van der Waals surface area contributed by atoms with Crippen LogP contribution in [0.1, 0.15) is 18.1 Å². The van der Waals surface area contributed by atoms with Crippen molar-refractivity contribution in [3.8, 4) is 11.5 Å². The molecule has 0 spiro atoms. The lowest BCUT2D eigenvalue weighted by Crippen LogP contribution is -2.30. The monoisotopic (exact) mass is 375 g/mol. The van der Waals surface area contributed by atoms with Crippen LogP contribution in [0, 0.1) is 6.92 Å². The maximum Gasteiger partial charge on any atom is 0.265 e. The van der Waals surface area contributed by atoms with Crippen LogP contribution < -0.4 is 14.8 Å². The second-order valence-corrected chi connectivity index (χ2v) is 6.68. The van der Waals surface area contributed by atoms with E-state index in [1.54, 1.807) is 6.92 Å². The summed E-state index contributed by atoms with van der Waals surface area (Å²) in [5.74, 6) is 1.20. The minimum Gasteiger partial charge on any atom is -0.493 e. The predicted octanol–water partition coefficient (Wildman–Crippen LogP) is 5.02. The molecule has 4 nitrogen and oxygen atoms in total. The highest BCUT2D eigenvalue weighted by Gasteiger charge is 2.15. The molecule has 0 radical (unpaired) electrons. The van der Waals surface area contributed by atoms with Gasteiger partial charge in [0.05, 0.1) is 6.61 Å². The number of carbonyl (C=O) groups is 1. The highest BCUT2D eigenvalue weighted by Crippen LogP contribution is 2.19. The number of amides is 1. The molecule has 4 heteroatoms. The SMILES string of the molecule is Cc1cccc(OC(C)C(=O)Nc2cccc(OCCc3ccccc3)c2)c1. The van der Waals surface area contributed by atoms with Crippen molar-refractivity contribution in [1.29, 1.82) is 0 Å². The summed E-state index contributed by atoms with van der Waals surface area (Å²) in [5, 5.41) is 2.88. The van der Waals surface area contributed by atoms with E-state index in [-0.39, 0.29) is 5.91 Å². The van der Waals surface area contributed by atoms with Gasteiger partial charge in [0.1, 0.15) is 11.5 Å². The number of nitrogens with one attached hydrogen (secondary N) is 1. The molecule has 1 N–H and O–H groups in total. The Morgan fingerprint density at radius 3 is 2.46 bits per heavy atom. The summed E-state index contributed by atoms with van der Waals surface area (Å²) >= 11 is 0. The van der Waals surface area contributed by atoms with E-state index in [4.69, 9.17) is 9.47 Å². The summed E-state index contributed by atoms with van der Waals surface area (Å²) in [7, 11) is 0. The van der Waals surface area contributed by atoms with Crippen molar-refractivity contribution in [2.24, 2.45) is 0 Å². The van der Waals surface area contributed by atoms with Crippen LogP contribution >= 0.6 is 0 Å². The van der Waals surface area contributed by atoms with Crippen LogP contribution in [-0.4, -0.2) is 18.6 Å². The first-order valence-electron chi connectivity index (χ1n) is 9.41. The van der Waals surface area contributed by atoms with Crippen molar-refractivity contribution >= 4 is 11.6 Å². The van der Waals surface area contributed by atoms with Gasteiger partial charge < -0.3 is 14.8 Å². The highest BCUT2D eigenvalue weighted by molar-refractivity contribution is 5.94. The van der Waals surface area contributed by atoms with Gasteiger partial charge in [-0.05, 0) is 49.2 Å². The maximum atomic E-state index is 12.4. The molecule has 1 unspecified atom stereocenters. The van der Waals surface area contributed by atoms with Gasteiger partial charge in [0.25, 0.3) is 5.91 Å². The summed E-state index contributed by atoms with van der Waals surface area (Å²) in [6.07, 6.45) is 0.225. The molecule has 0 heterocycles. The number of ether oxygens (including phenoxy) is 2. The molecule has 28 heavy (non-hydrogen) atoms. The molecule has 1 amide bonds. The van der Waals surface area contributed by atoms with Gasteiger partial charge in [-0.25, -0.2) is 0 Å². The number of hydrogen-bond donors (Lipinski definition) is 1. The number of hydrogen-bond acceptors (Lipinski definition) is 3. The van der Waals surface area contributed by atoms with Gasteiger partial charge >= 0.3 is 0 Å². The number of benzene rings is 3. The van der Waals surface area contributed by atoms with Crippen LogP contribution in [0.25, 0.3) is 0 Å². The Hall–Kier alpha value is -3.27. The fourth-order valence-electron chi connectivity index (χ4n) is 2.79. The third-order valence-corrected chi connectivity index (χ3v) is 4.28. The van der Waals surface area contributed by atoms with Crippen molar-refractivity contribution in [2.75, 3.05) is 11.9 Å². The molecule has 3 rings (SSSR count). The van der Waals surface area contributed by atoms with Gasteiger partial charge in [-0.2, -0.15) is 0 Å². The maximum absolute atomic E-state index is 12.4. The minimum absolute atomic E-state index is 0.206. The Balaban J connectivity index is 1.52. The quantitative estimate of drug-likeness (QED) is 0.601. The molecule has 0 aliphatic carbocycles. The smallest absolute Gasteiger partial charge is 0.265 e. The van der Waals surface area contributed by atoms with Gasteiger partial charge in [-0.3, -0.25) is 4.79 Å². The van der Waals surface area contributed by atoms with E-state index in [0.717, 1.165) is 17.7 Å². The molecular weight excluding hydrogens is 350 g/mol. The summed E-state index contributed by atoms with van der Waals surface area (Å²) in [4.78, 5) is 12.4. The first kappa shape index (κ1) is 19.5. The Morgan fingerprint density at radius 1 is 0.929 bits per heavy atom. The van der Waals surface area contributed by atoms with Crippen LogP contribution in [0.15, 0.2) is 78.9 Å². The number of aryl methyl sites for hydroxylation is 1. The lowest BCUT2D eigenvalue weighted by Gasteiger charge is -2.15. The fraction of sp³-hybridized carbons (Fsp3) is 0.208. The number of anilines is 1. The molecule has 0 aromatic heterocycles. The van der Waals surface area contributed by atoms with E-state index in [1.165, 1.54) is 5.56 Å². The average Bonchev–Trinajstić information content (AvgIpc) is 2.69. The van der Waals surface area contributed by atoms with Crippen molar-refractivity contribution in [3.63, 3.8) is 0 Å². The summed E-state index contributed by atoms with van der Waals surface area (Å²) in [6.45, 7) is 4.30. The first-order valence-corrected chi connectivity index (χ1v) is 9.41. The Kier molecular flexibility index (Phi) is 6.68. The molecule has 0 aliphatic rings. The van der Waals surface area contributed by atoms with Gasteiger partial charge in [0, 0.05) is 18.2 Å². The van der Waals surface area contributed by atoms with Crippen LogP contribution in [0.5, 0.6) is 11.5 Å². The third-order valence-electron chi connectivity index (χ3n) is 4.28. The fourth-order valence-corrected chi connectivity index (χ4v) is 2.79. The second kappa shape index (κ2) is 9.60. The number of carbonyl (C=O) groups excluding carboxylic acids is 1. The van der Waals surface area contributed by atoms with Gasteiger partial charge in [0.2, 0.25) is 0 Å². The molecule has 0 aliphatic heterocycles. The predicted molar refractivity (Wildman–Crippen MR) is 112 cm³/mol. The van der Waals surface area contributed by atoms with E-state index in [0.29, 0.717) is 18.0 Å². The minimum atomic E-state index is -0.607. The van der Waals surface area contributed by atoms with Crippen LogP contribution in [-0.2, 0) is 11.2 Å². The normalized spacial score (nSPS) is 11.5. The summed E-state index contributed by atoms with van der Waals surface area (Å²) in [5.41, 5.74) is 3.00.